The first-order chi connectivity index (χ1) is 39.9. The van der Waals surface area contributed by atoms with Gasteiger partial charge in [-0.05, 0) is 137 Å². The maximum absolute atomic E-state index is 2.52. The molecule has 14 rings (SSSR count). The number of benzene rings is 14. The van der Waals surface area contributed by atoms with Crippen molar-refractivity contribution >= 4 is 115 Å². The molecule has 0 aliphatic heterocycles. The quantitative estimate of drug-likeness (QED) is 0.0889. The molecule has 82 heavy (non-hydrogen) atoms. The van der Waals surface area contributed by atoms with Crippen LogP contribution in [0.1, 0.15) is 0 Å². The Labute approximate surface area is 484 Å². The van der Waals surface area contributed by atoms with E-state index in [9.17, 15) is 0 Å². The predicted molar refractivity (Wildman–Crippen MR) is 362 cm³/mol. The number of anilines is 6. The van der Waals surface area contributed by atoms with E-state index >= 15 is 0 Å². The highest BCUT2D eigenvalue weighted by molar-refractivity contribution is 6.89. The Morgan fingerprint density at radius 3 is 0.902 bits per heavy atom. The molecule has 0 spiro atoms. The van der Waals surface area contributed by atoms with Gasteiger partial charge in [-0.1, -0.05) is 268 Å². The van der Waals surface area contributed by atoms with E-state index in [1.54, 1.807) is 0 Å². The summed E-state index contributed by atoms with van der Waals surface area (Å²) in [4.78, 5) is 5.05. The van der Waals surface area contributed by atoms with Gasteiger partial charge in [0.25, 0.3) is 0 Å². The van der Waals surface area contributed by atoms with Crippen molar-refractivity contribution in [2.75, 3.05) is 9.80 Å². The van der Waals surface area contributed by atoms with E-state index in [-0.39, 0.29) is 0 Å². The molecule has 0 heterocycles. The number of rotatable bonds is 12. The highest BCUT2D eigenvalue weighted by atomic mass is 28.3. The molecule has 0 amide bonds. The van der Waals surface area contributed by atoms with Gasteiger partial charge in [-0.3, -0.25) is 0 Å². The summed E-state index contributed by atoms with van der Waals surface area (Å²) in [6.45, 7) is 14.6. The van der Waals surface area contributed by atoms with Crippen LogP contribution >= 0.6 is 0 Å². The van der Waals surface area contributed by atoms with Gasteiger partial charge in [-0.15, -0.1) is 0 Å². The van der Waals surface area contributed by atoms with Crippen molar-refractivity contribution in [1.82, 2.24) is 0 Å². The highest BCUT2D eigenvalue weighted by Crippen LogP contribution is 2.53. The largest absolute Gasteiger partial charge is 0.310 e. The standard InChI is InChI=1S/C78H64N2Si2/c1-81(2,3)63-43-39-61(40-44-63)79(59-35-31-55(32-36-59)53-19-9-7-10-20-53)75-51-73(67-29-17-25-57-23-13-15-27-65(57)67)69-48-50-72-76(52-74(70-47-49-71(75)77(69)78(70)72)68-30-18-26-58-24-14-16-28-66(58)68)80(62-41-45-64(46-42-62)82(4,5)6)60-37-33-56(34-38-60)54-21-11-8-12-22-54/h7-52H,1-6H3. The second kappa shape index (κ2) is 20.3. The van der Waals surface area contributed by atoms with E-state index in [0.717, 1.165) is 34.1 Å². The van der Waals surface area contributed by atoms with Crippen LogP contribution < -0.4 is 20.2 Å². The zero-order valence-corrected chi connectivity index (χ0v) is 49.5. The van der Waals surface area contributed by atoms with Gasteiger partial charge >= 0.3 is 0 Å². The summed E-state index contributed by atoms with van der Waals surface area (Å²) >= 11 is 0. The minimum absolute atomic E-state index is 1.10. The van der Waals surface area contributed by atoms with Crippen LogP contribution in [0.15, 0.2) is 279 Å². The Morgan fingerprint density at radius 1 is 0.232 bits per heavy atom. The first-order valence-electron chi connectivity index (χ1n) is 28.8. The van der Waals surface area contributed by atoms with Gasteiger partial charge in [-0.25, -0.2) is 0 Å². The average molecular weight is 1090 g/mol. The molecule has 14 aromatic rings. The third-order valence-electron chi connectivity index (χ3n) is 16.9. The molecule has 0 radical (unpaired) electrons. The van der Waals surface area contributed by atoms with Crippen molar-refractivity contribution in [1.29, 1.82) is 0 Å². The minimum atomic E-state index is -1.63. The SMILES string of the molecule is C[Si](C)(C)c1ccc(N(c2ccc(-c3ccccc3)cc2)c2cc(-c3cccc4ccccc34)c3ccc4c(N(c5ccc(-c6ccccc6)cc5)c5ccc([Si](C)(C)C)cc5)cc(-c5cccc6ccccc56)c5ccc2c3c54)cc1. The lowest BCUT2D eigenvalue weighted by Gasteiger charge is -2.31. The summed E-state index contributed by atoms with van der Waals surface area (Å²) in [5, 5.41) is 15.1. The monoisotopic (exact) mass is 1080 g/mol. The molecule has 0 N–H and O–H groups in total. The fourth-order valence-electron chi connectivity index (χ4n) is 12.6. The van der Waals surface area contributed by atoms with Gasteiger partial charge in [0.2, 0.25) is 0 Å². The first-order valence-corrected chi connectivity index (χ1v) is 35.8. The topological polar surface area (TPSA) is 6.48 Å². The zero-order valence-electron chi connectivity index (χ0n) is 47.5. The van der Waals surface area contributed by atoms with Gasteiger partial charge in [0.1, 0.15) is 0 Å². The Hall–Kier alpha value is -9.33. The average Bonchev–Trinajstić information content (AvgIpc) is 3.55. The Morgan fingerprint density at radius 2 is 0.537 bits per heavy atom. The van der Waals surface area contributed by atoms with Crippen LogP contribution in [0.4, 0.5) is 34.1 Å². The van der Waals surface area contributed by atoms with Crippen molar-refractivity contribution < 1.29 is 0 Å². The number of nitrogens with zero attached hydrogens (tertiary/aromatic N) is 2. The summed E-state index contributed by atoms with van der Waals surface area (Å²) in [7, 11) is -3.25. The summed E-state index contributed by atoms with van der Waals surface area (Å²) in [5.74, 6) is 0. The maximum atomic E-state index is 2.52. The van der Waals surface area contributed by atoms with Crippen LogP contribution in [0.3, 0.4) is 0 Å². The van der Waals surface area contributed by atoms with E-state index < -0.39 is 16.1 Å². The lowest BCUT2D eigenvalue weighted by molar-refractivity contribution is 1.30. The van der Waals surface area contributed by atoms with Crippen molar-refractivity contribution in [3.63, 3.8) is 0 Å². The minimum Gasteiger partial charge on any atom is -0.310 e. The summed E-state index contributed by atoms with van der Waals surface area (Å²) < 4.78 is 0. The smallest absolute Gasteiger partial charge is 0.0775 e. The van der Waals surface area contributed by atoms with Gasteiger partial charge < -0.3 is 9.80 Å². The molecule has 14 aromatic carbocycles. The molecule has 0 fully saturated rings. The lowest BCUT2D eigenvalue weighted by atomic mass is 9.84. The number of hydrogen-bond donors (Lipinski definition) is 0. The van der Waals surface area contributed by atoms with Crippen LogP contribution in [-0.2, 0) is 0 Å². The molecule has 0 saturated carbocycles. The Kier molecular flexibility index (Phi) is 12.6. The summed E-state index contributed by atoms with van der Waals surface area (Å²) in [6, 6.07) is 105. The summed E-state index contributed by atoms with van der Waals surface area (Å²) in [5.41, 5.74) is 16.3. The van der Waals surface area contributed by atoms with Gasteiger partial charge in [0.15, 0.2) is 0 Å². The third-order valence-corrected chi connectivity index (χ3v) is 21.1. The molecule has 0 unspecified atom stereocenters. The fraction of sp³-hybridized carbons (Fsp3) is 0.0769. The van der Waals surface area contributed by atoms with Crippen molar-refractivity contribution in [2.24, 2.45) is 0 Å². The molecule has 0 aromatic heterocycles. The van der Waals surface area contributed by atoms with E-state index in [0.29, 0.717) is 0 Å². The summed E-state index contributed by atoms with van der Waals surface area (Å²) in [6.07, 6.45) is 0. The van der Waals surface area contributed by atoms with E-state index in [1.165, 1.54) is 109 Å². The Balaban J connectivity index is 1.12. The fourth-order valence-corrected chi connectivity index (χ4v) is 15.0. The van der Waals surface area contributed by atoms with Gasteiger partial charge in [0, 0.05) is 44.3 Å². The second-order valence-corrected chi connectivity index (χ2v) is 34.3. The van der Waals surface area contributed by atoms with Crippen LogP contribution in [-0.4, -0.2) is 16.1 Å². The number of hydrogen-bond acceptors (Lipinski definition) is 2. The van der Waals surface area contributed by atoms with Gasteiger partial charge in [-0.2, -0.15) is 0 Å². The zero-order chi connectivity index (χ0) is 55.7. The highest BCUT2D eigenvalue weighted by Gasteiger charge is 2.28. The number of fused-ring (bicyclic) bond motifs is 2. The van der Waals surface area contributed by atoms with Crippen LogP contribution in [0.2, 0.25) is 39.3 Å². The van der Waals surface area contributed by atoms with Crippen molar-refractivity contribution in [3.8, 4) is 44.5 Å². The molecule has 0 aliphatic carbocycles. The molecule has 0 atom stereocenters. The van der Waals surface area contributed by atoms with Crippen molar-refractivity contribution in [3.05, 3.63) is 279 Å². The first kappa shape index (κ1) is 50.9. The van der Waals surface area contributed by atoms with E-state index in [2.05, 4.69) is 328 Å². The molecular formula is C78H64N2Si2. The van der Waals surface area contributed by atoms with Gasteiger partial charge in [0.05, 0.1) is 27.5 Å². The van der Waals surface area contributed by atoms with E-state index in [4.69, 9.17) is 0 Å². The van der Waals surface area contributed by atoms with E-state index in [1.807, 2.05) is 0 Å². The van der Waals surface area contributed by atoms with Crippen LogP contribution in [0.25, 0.3) is 98.4 Å². The molecule has 0 bridgehead atoms. The molecule has 0 aliphatic rings. The molecular weight excluding hydrogens is 1020 g/mol. The normalized spacial score (nSPS) is 12.0. The maximum Gasteiger partial charge on any atom is 0.0775 e. The molecule has 4 heteroatoms. The van der Waals surface area contributed by atoms with Crippen molar-refractivity contribution in [2.45, 2.75) is 39.3 Å². The Bertz CT molecular complexity index is 4340. The lowest BCUT2D eigenvalue weighted by Crippen LogP contribution is -2.37. The molecule has 2 nitrogen and oxygen atoms in total. The molecule has 394 valence electrons. The second-order valence-electron chi connectivity index (χ2n) is 24.1. The third kappa shape index (κ3) is 9.05. The molecule has 0 saturated heterocycles. The van der Waals surface area contributed by atoms with Crippen LogP contribution in [0, 0.1) is 0 Å². The van der Waals surface area contributed by atoms with Crippen LogP contribution in [0.5, 0.6) is 0 Å². The predicted octanol–water partition coefficient (Wildman–Crippen LogP) is 21.6.